The smallest absolute Gasteiger partial charge is 0.256 e. The first-order valence-corrected chi connectivity index (χ1v) is 8.71. The van der Waals surface area contributed by atoms with Crippen LogP contribution >= 0.6 is 0 Å². The zero-order chi connectivity index (χ0) is 17.5. The average Bonchev–Trinajstić information content (AvgIpc) is 3.33. The molecule has 1 aliphatic rings. The van der Waals surface area contributed by atoms with Gasteiger partial charge in [0.1, 0.15) is 0 Å². The highest BCUT2D eigenvalue weighted by Crippen LogP contribution is 2.23. The van der Waals surface area contributed by atoms with Crippen molar-refractivity contribution in [2.75, 3.05) is 6.54 Å². The number of rotatable bonds is 3. The first-order valence-electron chi connectivity index (χ1n) is 8.71. The summed E-state index contributed by atoms with van der Waals surface area (Å²) in [4.78, 5) is 25.6. The summed E-state index contributed by atoms with van der Waals surface area (Å²) in [6.45, 7) is 2.29. The van der Waals surface area contributed by atoms with Gasteiger partial charge >= 0.3 is 0 Å². The van der Waals surface area contributed by atoms with E-state index < -0.39 is 0 Å². The predicted molar refractivity (Wildman–Crippen MR) is 98.7 cm³/mol. The molecule has 0 spiro atoms. The molecule has 5 rings (SSSR count). The lowest BCUT2D eigenvalue weighted by Crippen LogP contribution is -2.35. The molecule has 0 unspecified atom stereocenters. The van der Waals surface area contributed by atoms with Crippen LogP contribution in [0.25, 0.3) is 22.5 Å². The molecule has 4 aromatic rings. The summed E-state index contributed by atoms with van der Waals surface area (Å²) in [5, 5.41) is 1.23. The molecule has 2 N–H and O–H groups in total. The van der Waals surface area contributed by atoms with Crippen molar-refractivity contribution >= 4 is 10.9 Å². The van der Waals surface area contributed by atoms with Crippen molar-refractivity contribution in [3.63, 3.8) is 0 Å². The summed E-state index contributed by atoms with van der Waals surface area (Å²) >= 11 is 0. The standard InChI is InChI=1S/C20H18N4O2/c25-20-15-12-24(11-13-10-21-16-5-2-1-4-14(13)16)8-7-17(15)22-19(23-20)18-6-3-9-26-18/h1-6,9-10,21H,7-8,11-12H2,(H,22,23,25). The number of benzene rings is 1. The van der Waals surface area contributed by atoms with Crippen LogP contribution in [0.1, 0.15) is 16.8 Å². The summed E-state index contributed by atoms with van der Waals surface area (Å²) in [5.41, 5.74) is 3.94. The van der Waals surface area contributed by atoms with Crippen LogP contribution in [0, 0.1) is 0 Å². The predicted octanol–water partition coefficient (Wildman–Crippen LogP) is 3.07. The van der Waals surface area contributed by atoms with E-state index in [-0.39, 0.29) is 5.56 Å². The van der Waals surface area contributed by atoms with E-state index in [1.165, 1.54) is 10.9 Å². The largest absolute Gasteiger partial charge is 0.461 e. The molecular formula is C20H18N4O2. The van der Waals surface area contributed by atoms with Gasteiger partial charge in [-0.3, -0.25) is 9.69 Å². The molecule has 0 atom stereocenters. The van der Waals surface area contributed by atoms with Crippen molar-refractivity contribution in [1.82, 2.24) is 19.9 Å². The van der Waals surface area contributed by atoms with E-state index in [9.17, 15) is 4.79 Å². The highest BCUT2D eigenvalue weighted by Gasteiger charge is 2.22. The summed E-state index contributed by atoms with van der Waals surface area (Å²) in [6, 6.07) is 11.9. The van der Waals surface area contributed by atoms with Gasteiger partial charge in [-0.2, -0.15) is 0 Å². The first-order chi connectivity index (χ1) is 12.8. The maximum atomic E-state index is 12.6. The molecular weight excluding hydrogens is 328 g/mol. The van der Waals surface area contributed by atoms with E-state index in [0.717, 1.165) is 36.3 Å². The highest BCUT2D eigenvalue weighted by molar-refractivity contribution is 5.82. The molecule has 130 valence electrons. The second-order valence-electron chi connectivity index (χ2n) is 6.64. The maximum absolute atomic E-state index is 12.6. The van der Waals surface area contributed by atoms with Crippen molar-refractivity contribution in [1.29, 1.82) is 0 Å². The molecule has 0 bridgehead atoms. The van der Waals surface area contributed by atoms with Gasteiger partial charge in [0, 0.05) is 43.2 Å². The lowest BCUT2D eigenvalue weighted by molar-refractivity contribution is 0.242. The quantitative estimate of drug-likeness (QED) is 0.598. The molecule has 26 heavy (non-hydrogen) atoms. The van der Waals surface area contributed by atoms with Crippen LogP contribution in [-0.4, -0.2) is 26.4 Å². The average molecular weight is 346 g/mol. The third-order valence-corrected chi connectivity index (χ3v) is 4.97. The zero-order valence-electron chi connectivity index (χ0n) is 14.2. The number of nitrogens with one attached hydrogen (secondary N) is 2. The van der Waals surface area contributed by atoms with Gasteiger partial charge in [-0.05, 0) is 23.8 Å². The monoisotopic (exact) mass is 346 g/mol. The Morgan fingerprint density at radius 3 is 3.00 bits per heavy atom. The van der Waals surface area contributed by atoms with E-state index in [0.29, 0.717) is 18.1 Å². The fraction of sp³-hybridized carbons (Fsp3) is 0.200. The summed E-state index contributed by atoms with van der Waals surface area (Å²) in [5.74, 6) is 1.09. The van der Waals surface area contributed by atoms with Gasteiger partial charge in [0.05, 0.1) is 17.5 Å². The SMILES string of the molecule is O=c1[nH]c(-c2ccco2)nc2c1CN(Cc1c[nH]c3ccccc13)CC2. The molecule has 3 aromatic heterocycles. The van der Waals surface area contributed by atoms with Gasteiger partial charge < -0.3 is 14.4 Å². The Bertz CT molecular complexity index is 1120. The van der Waals surface area contributed by atoms with Crippen molar-refractivity contribution in [2.24, 2.45) is 0 Å². The van der Waals surface area contributed by atoms with E-state index in [2.05, 4.69) is 44.2 Å². The van der Waals surface area contributed by atoms with Gasteiger partial charge in [0.25, 0.3) is 5.56 Å². The molecule has 0 saturated carbocycles. The Morgan fingerprint density at radius 2 is 2.12 bits per heavy atom. The number of H-pyrrole nitrogens is 2. The summed E-state index contributed by atoms with van der Waals surface area (Å²) < 4.78 is 5.35. The van der Waals surface area contributed by atoms with Crippen LogP contribution in [0.5, 0.6) is 0 Å². The minimum atomic E-state index is -0.0787. The van der Waals surface area contributed by atoms with Crippen molar-refractivity contribution in [3.05, 3.63) is 76.0 Å². The Labute approximate surface area is 149 Å². The fourth-order valence-electron chi connectivity index (χ4n) is 3.65. The third-order valence-electron chi connectivity index (χ3n) is 4.97. The molecule has 1 aromatic carbocycles. The second kappa shape index (κ2) is 6.00. The molecule has 6 heteroatoms. The number of fused-ring (bicyclic) bond motifs is 2. The summed E-state index contributed by atoms with van der Waals surface area (Å²) in [7, 11) is 0. The zero-order valence-corrected chi connectivity index (χ0v) is 14.2. The van der Waals surface area contributed by atoms with Crippen LogP contribution in [0.4, 0.5) is 0 Å². The highest BCUT2D eigenvalue weighted by atomic mass is 16.3. The van der Waals surface area contributed by atoms with E-state index >= 15 is 0 Å². The van der Waals surface area contributed by atoms with Crippen molar-refractivity contribution in [2.45, 2.75) is 19.5 Å². The van der Waals surface area contributed by atoms with Crippen molar-refractivity contribution < 1.29 is 4.42 Å². The van der Waals surface area contributed by atoms with Gasteiger partial charge in [-0.25, -0.2) is 4.98 Å². The number of para-hydroxylation sites is 1. The lowest BCUT2D eigenvalue weighted by atomic mass is 10.1. The molecule has 0 fully saturated rings. The van der Waals surface area contributed by atoms with Crippen LogP contribution in [0.15, 0.2) is 58.1 Å². The van der Waals surface area contributed by atoms with E-state index in [1.54, 1.807) is 18.4 Å². The van der Waals surface area contributed by atoms with Crippen LogP contribution in [-0.2, 0) is 19.5 Å². The van der Waals surface area contributed by atoms with Crippen LogP contribution in [0.2, 0.25) is 0 Å². The molecule has 6 nitrogen and oxygen atoms in total. The molecule has 1 aliphatic heterocycles. The van der Waals surface area contributed by atoms with Crippen LogP contribution < -0.4 is 5.56 Å². The molecule has 0 radical (unpaired) electrons. The van der Waals surface area contributed by atoms with Gasteiger partial charge in [-0.1, -0.05) is 18.2 Å². The first kappa shape index (κ1) is 15.2. The molecule has 4 heterocycles. The maximum Gasteiger partial charge on any atom is 0.256 e. The summed E-state index contributed by atoms with van der Waals surface area (Å²) in [6.07, 6.45) is 4.40. The number of nitrogens with zero attached hydrogens (tertiary/aromatic N) is 2. The molecule has 0 amide bonds. The Hall–Kier alpha value is -3.12. The minimum Gasteiger partial charge on any atom is -0.461 e. The van der Waals surface area contributed by atoms with E-state index in [4.69, 9.17) is 4.42 Å². The number of hydrogen-bond donors (Lipinski definition) is 2. The minimum absolute atomic E-state index is 0.0787. The number of aromatic nitrogens is 3. The number of aromatic amines is 2. The third kappa shape index (κ3) is 2.55. The number of hydrogen-bond acceptors (Lipinski definition) is 4. The van der Waals surface area contributed by atoms with Crippen LogP contribution in [0.3, 0.4) is 0 Å². The Balaban J connectivity index is 1.42. The van der Waals surface area contributed by atoms with Gasteiger partial charge in [-0.15, -0.1) is 0 Å². The Kier molecular flexibility index (Phi) is 3.50. The van der Waals surface area contributed by atoms with Gasteiger partial charge in [0.2, 0.25) is 0 Å². The fourth-order valence-corrected chi connectivity index (χ4v) is 3.65. The second-order valence-corrected chi connectivity index (χ2v) is 6.64. The van der Waals surface area contributed by atoms with E-state index in [1.807, 2.05) is 6.07 Å². The topological polar surface area (TPSA) is 77.9 Å². The van der Waals surface area contributed by atoms with Gasteiger partial charge in [0.15, 0.2) is 11.6 Å². The Morgan fingerprint density at radius 1 is 1.19 bits per heavy atom. The van der Waals surface area contributed by atoms with Crippen molar-refractivity contribution in [3.8, 4) is 11.6 Å². The lowest BCUT2D eigenvalue weighted by Gasteiger charge is -2.27. The molecule has 0 saturated heterocycles. The molecule has 0 aliphatic carbocycles. The number of furan rings is 1. The normalized spacial score (nSPS) is 14.6.